The first-order valence-electron chi connectivity index (χ1n) is 6.32. The highest BCUT2D eigenvalue weighted by atomic mass is 127. The van der Waals surface area contributed by atoms with Crippen LogP contribution in [0.15, 0.2) is 22.7 Å². The predicted octanol–water partition coefficient (Wildman–Crippen LogP) is 3.73. The summed E-state index contributed by atoms with van der Waals surface area (Å²) in [6.45, 7) is 8.68. The Morgan fingerprint density at radius 1 is 1.39 bits per heavy atom. The number of rotatable bonds is 7. The highest BCUT2D eigenvalue weighted by Gasteiger charge is 2.05. The van der Waals surface area contributed by atoms with Crippen LogP contribution in [0.4, 0.5) is 0 Å². The molecule has 0 saturated carbocycles. The topological polar surface area (TPSA) is 15.3 Å². The lowest BCUT2D eigenvalue weighted by atomic mass is 10.2. The molecular weight excluding hydrogens is 403 g/mol. The second-order valence-electron chi connectivity index (χ2n) is 5.07. The molecule has 0 saturated heterocycles. The maximum Gasteiger partial charge on any atom is 0.0242 e. The van der Waals surface area contributed by atoms with Gasteiger partial charge in [-0.3, -0.25) is 0 Å². The molecule has 102 valence electrons. The molecule has 0 heterocycles. The number of benzene rings is 1. The van der Waals surface area contributed by atoms with Crippen LogP contribution >= 0.6 is 38.5 Å². The number of hydrogen-bond acceptors (Lipinski definition) is 2. The molecule has 0 spiro atoms. The van der Waals surface area contributed by atoms with Crippen LogP contribution in [0.3, 0.4) is 0 Å². The van der Waals surface area contributed by atoms with Gasteiger partial charge in [0.05, 0.1) is 0 Å². The van der Waals surface area contributed by atoms with Gasteiger partial charge in [0.15, 0.2) is 0 Å². The molecule has 0 atom stereocenters. The smallest absolute Gasteiger partial charge is 0.0242 e. The summed E-state index contributed by atoms with van der Waals surface area (Å²) >= 11 is 5.97. The molecule has 0 aromatic heterocycles. The molecule has 0 radical (unpaired) electrons. The summed E-state index contributed by atoms with van der Waals surface area (Å²) in [5, 5.41) is 3.47. The van der Waals surface area contributed by atoms with Crippen LogP contribution in [-0.2, 0) is 6.54 Å². The van der Waals surface area contributed by atoms with Crippen molar-refractivity contribution in [3.63, 3.8) is 0 Å². The Kier molecular flexibility index (Phi) is 7.75. The van der Waals surface area contributed by atoms with Crippen molar-refractivity contribution < 1.29 is 0 Å². The van der Waals surface area contributed by atoms with Gasteiger partial charge in [-0.15, -0.1) is 0 Å². The standard InChI is InChI=1S/C14H22BrIN2/c1-11(2)9-17-6-7-18(3)10-12-8-13(16)4-5-14(12)15/h4-5,8,11,17H,6-7,9-10H2,1-3H3. The Balaban J connectivity index is 2.35. The molecule has 0 unspecified atom stereocenters. The van der Waals surface area contributed by atoms with Gasteiger partial charge in [0.2, 0.25) is 0 Å². The van der Waals surface area contributed by atoms with Gasteiger partial charge >= 0.3 is 0 Å². The van der Waals surface area contributed by atoms with Gasteiger partial charge in [0, 0.05) is 27.7 Å². The van der Waals surface area contributed by atoms with E-state index in [9.17, 15) is 0 Å². The van der Waals surface area contributed by atoms with Gasteiger partial charge in [-0.1, -0.05) is 29.8 Å². The van der Waals surface area contributed by atoms with E-state index in [1.165, 1.54) is 13.6 Å². The van der Waals surface area contributed by atoms with Crippen molar-refractivity contribution in [3.05, 3.63) is 31.8 Å². The van der Waals surface area contributed by atoms with E-state index in [1.807, 2.05) is 0 Å². The minimum absolute atomic E-state index is 0.722. The third kappa shape index (κ3) is 6.50. The molecular formula is C14H22BrIN2. The molecule has 1 rings (SSSR count). The Hall–Kier alpha value is 0.350. The van der Waals surface area contributed by atoms with Gasteiger partial charge in [-0.25, -0.2) is 0 Å². The van der Waals surface area contributed by atoms with Crippen LogP contribution in [0.2, 0.25) is 0 Å². The Bertz CT molecular complexity index is 369. The first-order chi connectivity index (χ1) is 8.49. The maximum absolute atomic E-state index is 3.61. The SMILES string of the molecule is CC(C)CNCCN(C)Cc1cc(I)ccc1Br. The lowest BCUT2D eigenvalue weighted by Crippen LogP contribution is -2.30. The zero-order valence-corrected chi connectivity index (χ0v) is 15.1. The van der Waals surface area contributed by atoms with E-state index in [2.05, 4.69) is 87.8 Å². The van der Waals surface area contributed by atoms with Crippen molar-refractivity contribution in [3.8, 4) is 0 Å². The van der Waals surface area contributed by atoms with Crippen molar-refractivity contribution in [2.45, 2.75) is 20.4 Å². The fourth-order valence-electron chi connectivity index (χ4n) is 1.69. The monoisotopic (exact) mass is 424 g/mol. The van der Waals surface area contributed by atoms with Gasteiger partial charge in [-0.2, -0.15) is 0 Å². The molecule has 0 bridgehead atoms. The summed E-state index contributed by atoms with van der Waals surface area (Å²) in [5.41, 5.74) is 1.35. The van der Waals surface area contributed by atoms with Crippen LogP contribution in [-0.4, -0.2) is 31.6 Å². The third-order valence-electron chi connectivity index (χ3n) is 2.67. The zero-order chi connectivity index (χ0) is 13.5. The third-order valence-corrected chi connectivity index (χ3v) is 4.12. The summed E-state index contributed by atoms with van der Waals surface area (Å²) in [4.78, 5) is 2.35. The Morgan fingerprint density at radius 2 is 2.11 bits per heavy atom. The molecule has 0 aliphatic rings. The highest BCUT2D eigenvalue weighted by molar-refractivity contribution is 14.1. The van der Waals surface area contributed by atoms with Crippen molar-refractivity contribution in [2.75, 3.05) is 26.7 Å². The number of hydrogen-bond donors (Lipinski definition) is 1. The average molecular weight is 425 g/mol. The maximum atomic E-state index is 3.61. The molecule has 0 fully saturated rings. The summed E-state index contributed by atoms with van der Waals surface area (Å²) in [7, 11) is 2.17. The molecule has 0 amide bonds. The summed E-state index contributed by atoms with van der Waals surface area (Å²) < 4.78 is 2.49. The van der Waals surface area contributed by atoms with E-state index in [0.29, 0.717) is 0 Å². The average Bonchev–Trinajstić information content (AvgIpc) is 2.29. The van der Waals surface area contributed by atoms with Crippen LogP contribution < -0.4 is 5.32 Å². The van der Waals surface area contributed by atoms with E-state index in [0.717, 1.165) is 32.1 Å². The quantitative estimate of drug-likeness (QED) is 0.529. The van der Waals surface area contributed by atoms with E-state index < -0.39 is 0 Å². The van der Waals surface area contributed by atoms with Gasteiger partial charge in [0.1, 0.15) is 0 Å². The minimum atomic E-state index is 0.722. The molecule has 0 aliphatic heterocycles. The zero-order valence-electron chi connectivity index (χ0n) is 11.3. The molecule has 1 aromatic carbocycles. The predicted molar refractivity (Wildman–Crippen MR) is 90.9 cm³/mol. The normalized spacial score (nSPS) is 11.5. The number of likely N-dealkylation sites (N-methyl/N-ethyl adjacent to an activating group) is 1. The highest BCUT2D eigenvalue weighted by Crippen LogP contribution is 2.20. The summed E-state index contributed by atoms with van der Waals surface area (Å²) in [5.74, 6) is 0.722. The van der Waals surface area contributed by atoms with Crippen molar-refractivity contribution >= 4 is 38.5 Å². The molecule has 18 heavy (non-hydrogen) atoms. The Morgan fingerprint density at radius 3 is 2.78 bits per heavy atom. The van der Waals surface area contributed by atoms with Crippen LogP contribution in [0.25, 0.3) is 0 Å². The van der Waals surface area contributed by atoms with E-state index >= 15 is 0 Å². The summed E-state index contributed by atoms with van der Waals surface area (Å²) in [6.07, 6.45) is 0. The molecule has 0 aliphatic carbocycles. The van der Waals surface area contributed by atoms with E-state index in [4.69, 9.17) is 0 Å². The first-order valence-corrected chi connectivity index (χ1v) is 8.19. The van der Waals surface area contributed by atoms with Crippen molar-refractivity contribution in [1.82, 2.24) is 10.2 Å². The molecule has 1 aromatic rings. The lowest BCUT2D eigenvalue weighted by molar-refractivity contribution is 0.321. The van der Waals surface area contributed by atoms with Crippen molar-refractivity contribution in [1.29, 1.82) is 0 Å². The first kappa shape index (κ1) is 16.4. The fourth-order valence-corrected chi connectivity index (χ4v) is 2.62. The van der Waals surface area contributed by atoms with Crippen LogP contribution in [0.5, 0.6) is 0 Å². The summed E-state index contributed by atoms with van der Waals surface area (Å²) in [6, 6.07) is 6.49. The second-order valence-corrected chi connectivity index (χ2v) is 7.17. The number of nitrogens with zero attached hydrogens (tertiary/aromatic N) is 1. The van der Waals surface area contributed by atoms with E-state index in [1.54, 1.807) is 0 Å². The van der Waals surface area contributed by atoms with Gasteiger partial charge in [0.25, 0.3) is 0 Å². The minimum Gasteiger partial charge on any atom is -0.315 e. The fraction of sp³-hybridized carbons (Fsp3) is 0.571. The van der Waals surface area contributed by atoms with Gasteiger partial charge < -0.3 is 10.2 Å². The largest absolute Gasteiger partial charge is 0.315 e. The van der Waals surface area contributed by atoms with Crippen LogP contribution in [0, 0.1) is 9.49 Å². The number of halogens is 2. The second kappa shape index (κ2) is 8.51. The number of nitrogens with one attached hydrogen (secondary N) is 1. The molecule has 2 nitrogen and oxygen atoms in total. The van der Waals surface area contributed by atoms with Crippen molar-refractivity contribution in [2.24, 2.45) is 5.92 Å². The van der Waals surface area contributed by atoms with E-state index in [-0.39, 0.29) is 0 Å². The van der Waals surface area contributed by atoms with Gasteiger partial charge in [-0.05, 0) is 65.9 Å². The molecule has 1 N–H and O–H groups in total. The Labute approximate surface area is 133 Å². The molecule has 4 heteroatoms. The lowest BCUT2D eigenvalue weighted by Gasteiger charge is -2.18. The van der Waals surface area contributed by atoms with Crippen LogP contribution in [0.1, 0.15) is 19.4 Å².